The number of benzene rings is 1. The molecule has 1 aromatic carbocycles. The third-order valence-electron chi connectivity index (χ3n) is 3.32. The van der Waals surface area contributed by atoms with Gasteiger partial charge in [0.2, 0.25) is 0 Å². The zero-order valence-electron chi connectivity index (χ0n) is 10.3. The van der Waals surface area contributed by atoms with Crippen LogP contribution in [0.2, 0.25) is 0 Å². The van der Waals surface area contributed by atoms with E-state index in [4.69, 9.17) is 10.5 Å². The number of hydrogen-bond acceptors (Lipinski definition) is 4. The third kappa shape index (κ3) is 1.77. The average Bonchev–Trinajstić information content (AvgIpc) is 2.85. The Kier molecular flexibility index (Phi) is 2.59. The lowest BCUT2D eigenvalue weighted by Gasteiger charge is -2.30. The van der Waals surface area contributed by atoms with Crippen molar-refractivity contribution in [1.82, 2.24) is 9.55 Å². The molecule has 1 aliphatic rings. The second-order valence-electron chi connectivity index (χ2n) is 4.38. The summed E-state index contributed by atoms with van der Waals surface area (Å²) in [6, 6.07) is 5.80. The number of nitrogen functional groups attached to an aromatic ring is 1. The van der Waals surface area contributed by atoms with Crippen molar-refractivity contribution < 1.29 is 4.74 Å². The molecule has 5 heteroatoms. The zero-order valence-corrected chi connectivity index (χ0v) is 10.3. The van der Waals surface area contributed by atoms with Crippen LogP contribution in [0.4, 0.5) is 11.4 Å². The number of anilines is 2. The molecule has 94 valence electrons. The summed E-state index contributed by atoms with van der Waals surface area (Å²) >= 11 is 0. The second kappa shape index (κ2) is 4.25. The minimum atomic E-state index is 0.745. The SMILES string of the molecule is COc1ccc(N2CCn3ccnc3C2)c(N)c1. The van der Waals surface area contributed by atoms with Gasteiger partial charge in [-0.3, -0.25) is 0 Å². The van der Waals surface area contributed by atoms with Gasteiger partial charge in [-0.05, 0) is 12.1 Å². The minimum absolute atomic E-state index is 0.745. The maximum atomic E-state index is 6.07. The molecule has 0 fully saturated rings. The average molecular weight is 244 g/mol. The van der Waals surface area contributed by atoms with Crippen LogP contribution >= 0.6 is 0 Å². The van der Waals surface area contributed by atoms with Gasteiger partial charge in [0.25, 0.3) is 0 Å². The van der Waals surface area contributed by atoms with Gasteiger partial charge in [-0.2, -0.15) is 0 Å². The molecular formula is C13H16N4O. The van der Waals surface area contributed by atoms with Crippen LogP contribution in [0.15, 0.2) is 30.6 Å². The molecule has 2 N–H and O–H groups in total. The molecule has 1 aromatic heterocycles. The van der Waals surface area contributed by atoms with Crippen molar-refractivity contribution in [2.75, 3.05) is 24.3 Å². The highest BCUT2D eigenvalue weighted by Gasteiger charge is 2.18. The fourth-order valence-electron chi connectivity index (χ4n) is 2.33. The van der Waals surface area contributed by atoms with Crippen LogP contribution in [0.1, 0.15) is 5.82 Å². The number of imidazole rings is 1. The summed E-state index contributed by atoms with van der Waals surface area (Å²) in [4.78, 5) is 6.60. The number of ether oxygens (including phenoxy) is 1. The fourth-order valence-corrected chi connectivity index (χ4v) is 2.33. The molecule has 2 aromatic rings. The van der Waals surface area contributed by atoms with Gasteiger partial charge < -0.3 is 19.9 Å². The van der Waals surface area contributed by atoms with E-state index in [1.165, 1.54) is 0 Å². The molecule has 5 nitrogen and oxygen atoms in total. The summed E-state index contributed by atoms with van der Waals surface area (Å²) < 4.78 is 7.34. The number of nitrogens with two attached hydrogens (primary N) is 1. The van der Waals surface area contributed by atoms with Gasteiger partial charge in [-0.25, -0.2) is 4.98 Å². The first-order valence-corrected chi connectivity index (χ1v) is 5.96. The van der Waals surface area contributed by atoms with Gasteiger partial charge >= 0.3 is 0 Å². The molecule has 3 rings (SSSR count). The summed E-state index contributed by atoms with van der Waals surface area (Å²) in [5, 5.41) is 0. The normalized spacial score (nSPS) is 14.4. The molecule has 1 aliphatic heterocycles. The van der Waals surface area contributed by atoms with Gasteiger partial charge in [-0.15, -0.1) is 0 Å². The van der Waals surface area contributed by atoms with Gasteiger partial charge in [0.15, 0.2) is 0 Å². The van der Waals surface area contributed by atoms with E-state index < -0.39 is 0 Å². The third-order valence-corrected chi connectivity index (χ3v) is 3.32. The van der Waals surface area contributed by atoms with Crippen LogP contribution in [0.5, 0.6) is 5.75 Å². The summed E-state index contributed by atoms with van der Waals surface area (Å²) in [5.41, 5.74) is 7.87. The minimum Gasteiger partial charge on any atom is -0.497 e. The van der Waals surface area contributed by atoms with Crippen molar-refractivity contribution in [2.24, 2.45) is 0 Å². The molecular weight excluding hydrogens is 228 g/mol. The standard InChI is InChI=1S/C13H16N4O/c1-18-10-2-3-12(11(14)8-10)17-7-6-16-5-4-15-13(16)9-17/h2-5,8H,6-7,9,14H2,1H3. The topological polar surface area (TPSA) is 56.3 Å². The van der Waals surface area contributed by atoms with Gasteiger partial charge in [-0.1, -0.05) is 0 Å². The van der Waals surface area contributed by atoms with Crippen LogP contribution < -0.4 is 15.4 Å². The van der Waals surface area contributed by atoms with Crippen LogP contribution in [0.25, 0.3) is 0 Å². The zero-order chi connectivity index (χ0) is 12.5. The second-order valence-corrected chi connectivity index (χ2v) is 4.38. The maximum Gasteiger partial charge on any atom is 0.128 e. The quantitative estimate of drug-likeness (QED) is 0.813. The molecule has 0 atom stereocenters. The van der Waals surface area contributed by atoms with E-state index in [-0.39, 0.29) is 0 Å². The summed E-state index contributed by atoms with van der Waals surface area (Å²) in [7, 11) is 1.64. The van der Waals surface area contributed by atoms with Crippen LogP contribution in [-0.4, -0.2) is 23.2 Å². The molecule has 2 heterocycles. The van der Waals surface area contributed by atoms with Crippen molar-refractivity contribution in [3.8, 4) is 5.75 Å². The Bertz CT molecular complexity index is 564. The lowest BCUT2D eigenvalue weighted by molar-refractivity contribution is 0.415. The smallest absolute Gasteiger partial charge is 0.128 e. The molecule has 0 saturated heterocycles. The molecule has 0 aliphatic carbocycles. The van der Waals surface area contributed by atoms with E-state index in [9.17, 15) is 0 Å². The molecule has 0 radical (unpaired) electrons. The Balaban J connectivity index is 1.88. The largest absolute Gasteiger partial charge is 0.497 e. The number of rotatable bonds is 2. The van der Waals surface area contributed by atoms with E-state index in [1.54, 1.807) is 7.11 Å². The molecule has 0 amide bonds. The van der Waals surface area contributed by atoms with Crippen LogP contribution in [0, 0.1) is 0 Å². The van der Waals surface area contributed by atoms with E-state index in [0.717, 1.165) is 42.6 Å². The predicted octanol–water partition coefficient (Wildman–Crippen LogP) is 1.49. The maximum absolute atomic E-state index is 6.07. The first kappa shape index (κ1) is 11.0. The van der Waals surface area contributed by atoms with Crippen molar-refractivity contribution in [1.29, 1.82) is 0 Å². The molecule has 18 heavy (non-hydrogen) atoms. The summed E-state index contributed by atoms with van der Waals surface area (Å²) in [6.07, 6.45) is 3.86. The first-order valence-electron chi connectivity index (χ1n) is 5.96. The lowest BCUT2D eigenvalue weighted by Crippen LogP contribution is -2.34. The summed E-state index contributed by atoms with van der Waals surface area (Å²) in [6.45, 7) is 2.68. The van der Waals surface area contributed by atoms with E-state index in [2.05, 4.69) is 14.5 Å². The van der Waals surface area contributed by atoms with Gasteiger partial charge in [0.1, 0.15) is 11.6 Å². The van der Waals surface area contributed by atoms with E-state index in [0.29, 0.717) is 0 Å². The highest BCUT2D eigenvalue weighted by Crippen LogP contribution is 2.29. The van der Waals surface area contributed by atoms with Crippen molar-refractivity contribution in [2.45, 2.75) is 13.1 Å². The number of nitrogens with zero attached hydrogens (tertiary/aromatic N) is 3. The Labute approximate surface area is 106 Å². The Morgan fingerprint density at radius 2 is 2.22 bits per heavy atom. The Morgan fingerprint density at radius 1 is 1.33 bits per heavy atom. The van der Waals surface area contributed by atoms with E-state index >= 15 is 0 Å². The number of hydrogen-bond donors (Lipinski definition) is 1. The Morgan fingerprint density at radius 3 is 3.00 bits per heavy atom. The summed E-state index contributed by atoms with van der Waals surface area (Å²) in [5.74, 6) is 1.87. The predicted molar refractivity (Wildman–Crippen MR) is 70.7 cm³/mol. The fraction of sp³-hybridized carbons (Fsp3) is 0.308. The monoisotopic (exact) mass is 244 g/mol. The van der Waals surface area contributed by atoms with Crippen LogP contribution in [0.3, 0.4) is 0 Å². The molecule has 0 bridgehead atoms. The first-order chi connectivity index (χ1) is 8.78. The Hall–Kier alpha value is -2.17. The highest BCUT2D eigenvalue weighted by atomic mass is 16.5. The molecule has 0 saturated carbocycles. The highest BCUT2D eigenvalue weighted by molar-refractivity contribution is 5.69. The number of fused-ring (bicyclic) bond motifs is 1. The van der Waals surface area contributed by atoms with Gasteiger partial charge in [0.05, 0.1) is 25.0 Å². The van der Waals surface area contributed by atoms with Crippen LogP contribution in [-0.2, 0) is 13.1 Å². The number of aromatic nitrogens is 2. The van der Waals surface area contributed by atoms with E-state index in [1.807, 2.05) is 30.6 Å². The molecule has 0 unspecified atom stereocenters. The van der Waals surface area contributed by atoms with Crippen molar-refractivity contribution in [3.05, 3.63) is 36.4 Å². The van der Waals surface area contributed by atoms with Gasteiger partial charge in [0, 0.05) is 31.5 Å². The number of methoxy groups -OCH3 is 1. The molecule has 0 spiro atoms. The van der Waals surface area contributed by atoms with Crippen molar-refractivity contribution in [3.63, 3.8) is 0 Å². The van der Waals surface area contributed by atoms with Crippen molar-refractivity contribution >= 4 is 11.4 Å². The lowest BCUT2D eigenvalue weighted by atomic mass is 10.2.